The zero-order chi connectivity index (χ0) is 13.5. The Labute approximate surface area is 122 Å². The maximum Gasteiger partial charge on any atom is 0.231 e. The van der Waals surface area contributed by atoms with Crippen molar-refractivity contribution in [1.29, 1.82) is 0 Å². The van der Waals surface area contributed by atoms with Gasteiger partial charge in [-0.15, -0.1) is 0 Å². The molecule has 0 aromatic heterocycles. The Morgan fingerprint density at radius 3 is 2.74 bits per heavy atom. The summed E-state index contributed by atoms with van der Waals surface area (Å²) in [4.78, 5) is 0. The van der Waals surface area contributed by atoms with E-state index in [9.17, 15) is 0 Å². The highest BCUT2D eigenvalue weighted by atomic mass is 79.9. The first-order valence-electron chi connectivity index (χ1n) is 6.88. The molecule has 1 atom stereocenters. The van der Waals surface area contributed by atoms with E-state index in [0.29, 0.717) is 18.2 Å². The third kappa shape index (κ3) is 2.61. The van der Waals surface area contributed by atoms with Gasteiger partial charge in [0.05, 0.1) is 0 Å². The van der Waals surface area contributed by atoms with E-state index in [2.05, 4.69) is 41.2 Å². The van der Waals surface area contributed by atoms with Crippen molar-refractivity contribution < 1.29 is 9.47 Å². The quantitative estimate of drug-likeness (QED) is 0.915. The van der Waals surface area contributed by atoms with Gasteiger partial charge < -0.3 is 14.8 Å². The number of nitrogens with one attached hydrogen (secondary N) is 1. The first-order valence-corrected chi connectivity index (χ1v) is 7.67. The fourth-order valence-corrected chi connectivity index (χ4v) is 3.50. The largest absolute Gasteiger partial charge is 0.454 e. The van der Waals surface area contributed by atoms with Crippen LogP contribution in [0.5, 0.6) is 11.5 Å². The smallest absolute Gasteiger partial charge is 0.231 e. The number of halogens is 1. The van der Waals surface area contributed by atoms with Gasteiger partial charge in [0, 0.05) is 17.1 Å². The lowest BCUT2D eigenvalue weighted by Crippen LogP contribution is -2.37. The summed E-state index contributed by atoms with van der Waals surface area (Å²) in [5.41, 5.74) is 1.63. The molecular weight excluding hydrogens is 306 g/mol. The molecule has 2 aliphatic rings. The summed E-state index contributed by atoms with van der Waals surface area (Å²) in [7, 11) is 0. The summed E-state index contributed by atoms with van der Waals surface area (Å²) >= 11 is 3.61. The number of ether oxygens (including phenoxy) is 2. The molecule has 0 radical (unpaired) electrons. The van der Waals surface area contributed by atoms with Gasteiger partial charge in [0.2, 0.25) is 6.79 Å². The molecule has 1 unspecified atom stereocenters. The minimum absolute atomic E-state index is 0.328. The van der Waals surface area contributed by atoms with Crippen LogP contribution < -0.4 is 14.8 Å². The molecule has 1 fully saturated rings. The summed E-state index contributed by atoms with van der Waals surface area (Å²) in [5.74, 6) is 1.68. The predicted octanol–water partition coefficient (Wildman–Crippen LogP) is 3.85. The molecule has 1 aromatic rings. The van der Waals surface area contributed by atoms with Crippen molar-refractivity contribution >= 4 is 15.9 Å². The first kappa shape index (κ1) is 13.3. The van der Waals surface area contributed by atoms with Gasteiger partial charge in [0.25, 0.3) is 0 Å². The molecule has 1 aliphatic heterocycles. The molecule has 1 aromatic carbocycles. The van der Waals surface area contributed by atoms with E-state index < -0.39 is 0 Å². The van der Waals surface area contributed by atoms with Gasteiger partial charge in [-0.3, -0.25) is 0 Å². The topological polar surface area (TPSA) is 30.5 Å². The minimum Gasteiger partial charge on any atom is -0.454 e. The predicted molar refractivity (Wildman–Crippen MR) is 78.5 cm³/mol. The molecule has 1 N–H and O–H groups in total. The Morgan fingerprint density at radius 2 is 2.05 bits per heavy atom. The Kier molecular flexibility index (Phi) is 3.48. The molecule has 104 valence electrons. The van der Waals surface area contributed by atoms with E-state index in [1.165, 1.54) is 24.8 Å². The Hall–Kier alpha value is -0.740. The highest BCUT2D eigenvalue weighted by molar-refractivity contribution is 9.10. The van der Waals surface area contributed by atoms with Crippen molar-refractivity contribution in [3.05, 3.63) is 22.2 Å². The highest BCUT2D eigenvalue weighted by Crippen LogP contribution is 2.39. The number of fused-ring (bicyclic) bond motifs is 1. The molecule has 0 amide bonds. The molecule has 0 spiro atoms. The third-order valence-electron chi connectivity index (χ3n) is 4.34. The van der Waals surface area contributed by atoms with Crippen LogP contribution in [-0.4, -0.2) is 12.8 Å². The Balaban J connectivity index is 1.70. The summed E-state index contributed by atoms with van der Waals surface area (Å²) in [6, 6.07) is 4.67. The summed E-state index contributed by atoms with van der Waals surface area (Å²) in [5, 5.41) is 3.69. The van der Waals surface area contributed by atoms with Gasteiger partial charge in [0.15, 0.2) is 11.5 Å². The normalized spacial score (nSPS) is 23.8. The molecule has 1 saturated carbocycles. The molecule has 19 heavy (non-hydrogen) atoms. The maximum atomic E-state index is 5.44. The van der Waals surface area contributed by atoms with Gasteiger partial charge in [-0.2, -0.15) is 0 Å². The average molecular weight is 326 g/mol. The summed E-state index contributed by atoms with van der Waals surface area (Å²) in [6.45, 7) is 5.90. The van der Waals surface area contributed by atoms with Gasteiger partial charge >= 0.3 is 0 Å². The van der Waals surface area contributed by atoms with Gasteiger partial charge in [-0.05, 0) is 36.0 Å². The van der Waals surface area contributed by atoms with Gasteiger partial charge in [-0.25, -0.2) is 0 Å². The van der Waals surface area contributed by atoms with Crippen molar-refractivity contribution in [1.82, 2.24) is 5.32 Å². The molecular formula is C15H20BrNO2. The van der Waals surface area contributed by atoms with E-state index >= 15 is 0 Å². The standard InChI is InChI=1S/C15H20BrNO2/c1-15(2)5-3-4-14(15)17-8-10-6-12-13(7-11(10)16)19-9-18-12/h6-7,14,17H,3-5,8-9H2,1-2H3. The first-order chi connectivity index (χ1) is 9.06. The Morgan fingerprint density at radius 1 is 1.32 bits per heavy atom. The van der Waals surface area contributed by atoms with Crippen molar-refractivity contribution in [2.45, 2.75) is 45.7 Å². The zero-order valence-electron chi connectivity index (χ0n) is 11.5. The second-order valence-corrected chi connectivity index (χ2v) is 6.97. The minimum atomic E-state index is 0.328. The van der Waals surface area contributed by atoms with Crippen molar-refractivity contribution in [3.8, 4) is 11.5 Å². The fraction of sp³-hybridized carbons (Fsp3) is 0.600. The number of hydrogen-bond donors (Lipinski definition) is 1. The van der Waals surface area contributed by atoms with E-state index in [0.717, 1.165) is 22.5 Å². The highest BCUT2D eigenvalue weighted by Gasteiger charge is 2.33. The monoisotopic (exact) mass is 325 g/mol. The van der Waals surface area contributed by atoms with Crippen LogP contribution >= 0.6 is 15.9 Å². The maximum absolute atomic E-state index is 5.44. The van der Waals surface area contributed by atoms with Crippen molar-refractivity contribution in [2.24, 2.45) is 5.41 Å². The lowest BCUT2D eigenvalue weighted by molar-refractivity contribution is 0.174. The van der Waals surface area contributed by atoms with Crippen molar-refractivity contribution in [3.63, 3.8) is 0 Å². The number of hydrogen-bond acceptors (Lipinski definition) is 3. The second-order valence-electron chi connectivity index (χ2n) is 6.11. The van der Waals surface area contributed by atoms with Gasteiger partial charge in [-0.1, -0.05) is 36.2 Å². The van der Waals surface area contributed by atoms with Crippen LogP contribution in [0.4, 0.5) is 0 Å². The molecule has 4 heteroatoms. The Bertz CT molecular complexity index is 487. The molecule has 0 saturated heterocycles. The van der Waals surface area contributed by atoms with Crippen LogP contribution in [-0.2, 0) is 6.54 Å². The lowest BCUT2D eigenvalue weighted by Gasteiger charge is -2.28. The van der Waals surface area contributed by atoms with Crippen LogP contribution in [0.25, 0.3) is 0 Å². The second kappa shape index (κ2) is 4.98. The van der Waals surface area contributed by atoms with Crippen molar-refractivity contribution in [2.75, 3.05) is 6.79 Å². The molecule has 1 heterocycles. The summed E-state index contributed by atoms with van der Waals surface area (Å²) in [6.07, 6.45) is 3.91. The van der Waals surface area contributed by atoms with Crippen LogP contribution in [0.2, 0.25) is 0 Å². The van der Waals surface area contributed by atoms with E-state index in [1.807, 2.05) is 6.07 Å². The van der Waals surface area contributed by atoms with E-state index in [1.54, 1.807) is 0 Å². The molecule has 3 nitrogen and oxygen atoms in total. The van der Waals surface area contributed by atoms with E-state index in [-0.39, 0.29) is 0 Å². The molecule has 3 rings (SSSR count). The number of benzene rings is 1. The van der Waals surface area contributed by atoms with E-state index in [4.69, 9.17) is 9.47 Å². The summed E-state index contributed by atoms with van der Waals surface area (Å²) < 4.78 is 11.9. The van der Waals surface area contributed by atoms with Crippen LogP contribution in [0.3, 0.4) is 0 Å². The zero-order valence-corrected chi connectivity index (χ0v) is 13.0. The van der Waals surface area contributed by atoms with Crippen LogP contribution in [0.15, 0.2) is 16.6 Å². The van der Waals surface area contributed by atoms with Gasteiger partial charge in [0.1, 0.15) is 0 Å². The number of rotatable bonds is 3. The molecule has 0 bridgehead atoms. The lowest BCUT2D eigenvalue weighted by atomic mass is 9.87. The average Bonchev–Trinajstić information content (AvgIpc) is 2.92. The fourth-order valence-electron chi connectivity index (χ4n) is 3.03. The third-order valence-corrected chi connectivity index (χ3v) is 5.08. The van der Waals surface area contributed by atoms with Crippen LogP contribution in [0, 0.1) is 5.41 Å². The SMILES string of the molecule is CC1(C)CCCC1NCc1cc2c(cc1Br)OCO2. The van der Waals surface area contributed by atoms with Crippen LogP contribution in [0.1, 0.15) is 38.7 Å². The molecule has 1 aliphatic carbocycles.